The number of aliphatic hydroxyl groups is 1. The van der Waals surface area contributed by atoms with Crippen LogP contribution in [0.2, 0.25) is 0 Å². The third-order valence-corrected chi connectivity index (χ3v) is 3.72. The molecular weight excluding hydrogens is 248 g/mol. The topological polar surface area (TPSA) is 26.7 Å². The van der Waals surface area contributed by atoms with Crippen LogP contribution in [-0.2, 0) is 6.54 Å². The highest BCUT2D eigenvalue weighted by Gasteiger charge is 2.18. The highest BCUT2D eigenvalue weighted by Crippen LogP contribution is 2.08. The number of halogens is 1. The first-order valence-electron chi connectivity index (χ1n) is 6.50. The molecule has 1 aliphatic heterocycles. The standard InChI is InChI=1S/C14H21ClN2O/c15-10-14(18)12-17-8-6-16(7-9-17)11-13-4-2-1-3-5-13/h1-5,14,18H,6-12H2. The molecule has 18 heavy (non-hydrogen) atoms. The molecule has 1 aromatic rings. The summed E-state index contributed by atoms with van der Waals surface area (Å²) in [6, 6.07) is 10.6. The number of β-amino-alcohol motifs (C(OH)–C–C–N with tert-alkyl or cyclic N) is 1. The minimum absolute atomic E-state index is 0.324. The van der Waals surface area contributed by atoms with Gasteiger partial charge in [-0.05, 0) is 5.56 Å². The van der Waals surface area contributed by atoms with Crippen LogP contribution in [0.3, 0.4) is 0 Å². The predicted molar refractivity (Wildman–Crippen MR) is 74.9 cm³/mol. The summed E-state index contributed by atoms with van der Waals surface area (Å²) in [4.78, 5) is 4.74. The average molecular weight is 269 g/mol. The molecule has 0 aliphatic carbocycles. The van der Waals surface area contributed by atoms with E-state index in [1.54, 1.807) is 0 Å². The van der Waals surface area contributed by atoms with Crippen molar-refractivity contribution in [2.45, 2.75) is 12.6 Å². The van der Waals surface area contributed by atoms with Crippen LogP contribution in [0, 0.1) is 0 Å². The summed E-state index contributed by atoms with van der Waals surface area (Å²) in [5, 5.41) is 9.52. The predicted octanol–water partition coefficient (Wildman–Crippen LogP) is 1.40. The van der Waals surface area contributed by atoms with Gasteiger partial charge in [0.2, 0.25) is 0 Å². The third kappa shape index (κ3) is 4.25. The number of rotatable bonds is 5. The second kappa shape index (κ2) is 7.10. The fraction of sp³-hybridized carbons (Fsp3) is 0.571. The molecule has 1 atom stereocenters. The molecule has 1 saturated heterocycles. The normalized spacial score (nSPS) is 19.9. The molecule has 1 fully saturated rings. The van der Waals surface area contributed by atoms with Gasteiger partial charge in [-0.2, -0.15) is 0 Å². The van der Waals surface area contributed by atoms with Gasteiger partial charge in [0.25, 0.3) is 0 Å². The highest BCUT2D eigenvalue weighted by atomic mass is 35.5. The van der Waals surface area contributed by atoms with E-state index in [1.807, 2.05) is 0 Å². The van der Waals surface area contributed by atoms with Crippen LogP contribution in [0.4, 0.5) is 0 Å². The molecular formula is C14H21ClN2O. The Morgan fingerprint density at radius 3 is 2.28 bits per heavy atom. The van der Waals surface area contributed by atoms with Gasteiger partial charge in [-0.25, -0.2) is 0 Å². The number of hydrogen-bond acceptors (Lipinski definition) is 3. The zero-order valence-corrected chi connectivity index (χ0v) is 11.4. The van der Waals surface area contributed by atoms with Gasteiger partial charge in [0, 0.05) is 45.1 Å². The van der Waals surface area contributed by atoms with Gasteiger partial charge < -0.3 is 5.11 Å². The number of aliphatic hydroxyl groups excluding tert-OH is 1. The van der Waals surface area contributed by atoms with Crippen molar-refractivity contribution in [1.82, 2.24) is 9.80 Å². The molecule has 0 spiro atoms. The first-order valence-corrected chi connectivity index (χ1v) is 7.04. The van der Waals surface area contributed by atoms with E-state index in [2.05, 4.69) is 40.1 Å². The average Bonchev–Trinajstić information content (AvgIpc) is 2.42. The van der Waals surface area contributed by atoms with Crippen LogP contribution in [0.1, 0.15) is 5.56 Å². The summed E-state index contributed by atoms with van der Waals surface area (Å²) in [6.45, 7) is 5.87. The van der Waals surface area contributed by atoms with Crippen LogP contribution in [-0.4, -0.2) is 59.6 Å². The van der Waals surface area contributed by atoms with Gasteiger partial charge in [-0.1, -0.05) is 30.3 Å². The molecule has 0 saturated carbocycles. The number of benzene rings is 1. The largest absolute Gasteiger partial charge is 0.391 e. The van der Waals surface area contributed by atoms with E-state index in [9.17, 15) is 5.11 Å². The van der Waals surface area contributed by atoms with Crippen molar-refractivity contribution in [3.63, 3.8) is 0 Å². The number of alkyl halides is 1. The second-order valence-electron chi connectivity index (χ2n) is 4.87. The lowest BCUT2D eigenvalue weighted by molar-refractivity contribution is 0.0794. The quantitative estimate of drug-likeness (QED) is 0.818. The Bertz CT molecular complexity index is 339. The molecule has 0 radical (unpaired) electrons. The Labute approximate surface area is 114 Å². The van der Waals surface area contributed by atoms with E-state index < -0.39 is 6.10 Å². The molecule has 3 nitrogen and oxygen atoms in total. The van der Waals surface area contributed by atoms with Gasteiger partial charge in [-0.15, -0.1) is 11.6 Å². The van der Waals surface area contributed by atoms with E-state index >= 15 is 0 Å². The smallest absolute Gasteiger partial charge is 0.0802 e. The SMILES string of the molecule is OC(CCl)CN1CCN(Cc2ccccc2)CC1. The van der Waals surface area contributed by atoms with Gasteiger partial charge in [0.1, 0.15) is 0 Å². The van der Waals surface area contributed by atoms with Crippen molar-refractivity contribution < 1.29 is 5.11 Å². The van der Waals surface area contributed by atoms with Gasteiger partial charge in [-0.3, -0.25) is 9.80 Å². The van der Waals surface area contributed by atoms with E-state index in [-0.39, 0.29) is 0 Å². The Kier molecular flexibility index (Phi) is 5.45. The Morgan fingerprint density at radius 2 is 1.67 bits per heavy atom. The monoisotopic (exact) mass is 268 g/mol. The summed E-state index contributed by atoms with van der Waals surface area (Å²) in [6.07, 6.45) is -0.396. The maximum atomic E-state index is 9.52. The van der Waals surface area contributed by atoms with Crippen molar-refractivity contribution in [3.05, 3.63) is 35.9 Å². The molecule has 2 rings (SSSR count). The molecule has 1 aliphatic rings. The van der Waals surface area contributed by atoms with Gasteiger partial charge in [0.05, 0.1) is 6.10 Å². The molecule has 0 bridgehead atoms. The van der Waals surface area contributed by atoms with E-state index in [4.69, 9.17) is 11.6 Å². The summed E-state index contributed by atoms with van der Waals surface area (Å²) >= 11 is 5.62. The zero-order valence-electron chi connectivity index (χ0n) is 10.6. The van der Waals surface area contributed by atoms with Crippen molar-refractivity contribution in [2.24, 2.45) is 0 Å². The zero-order chi connectivity index (χ0) is 12.8. The van der Waals surface area contributed by atoms with Crippen LogP contribution >= 0.6 is 11.6 Å². The van der Waals surface area contributed by atoms with Crippen molar-refractivity contribution in [2.75, 3.05) is 38.6 Å². The van der Waals surface area contributed by atoms with Crippen LogP contribution in [0.5, 0.6) is 0 Å². The first kappa shape index (κ1) is 13.8. The van der Waals surface area contributed by atoms with Gasteiger partial charge in [0.15, 0.2) is 0 Å². The fourth-order valence-corrected chi connectivity index (χ4v) is 2.42. The van der Waals surface area contributed by atoms with Crippen LogP contribution in [0.15, 0.2) is 30.3 Å². The molecule has 100 valence electrons. The minimum Gasteiger partial charge on any atom is -0.391 e. The summed E-state index contributed by atoms with van der Waals surface area (Å²) in [5.74, 6) is 0.324. The van der Waals surface area contributed by atoms with Crippen molar-refractivity contribution >= 4 is 11.6 Å². The van der Waals surface area contributed by atoms with E-state index in [0.29, 0.717) is 12.4 Å². The van der Waals surface area contributed by atoms with E-state index in [1.165, 1.54) is 5.56 Å². The maximum Gasteiger partial charge on any atom is 0.0802 e. The van der Waals surface area contributed by atoms with Crippen LogP contribution in [0.25, 0.3) is 0 Å². The Balaban J connectivity index is 1.73. The summed E-state index contributed by atoms with van der Waals surface area (Å²) in [5.41, 5.74) is 1.37. The molecule has 0 aromatic heterocycles. The first-order chi connectivity index (χ1) is 8.78. The molecule has 1 N–H and O–H groups in total. The molecule has 1 heterocycles. The lowest BCUT2D eigenvalue weighted by Gasteiger charge is -2.35. The Morgan fingerprint density at radius 1 is 1.06 bits per heavy atom. The molecule has 4 heteroatoms. The van der Waals surface area contributed by atoms with Crippen molar-refractivity contribution in [3.8, 4) is 0 Å². The maximum absolute atomic E-state index is 9.52. The van der Waals surface area contributed by atoms with Crippen LogP contribution < -0.4 is 0 Å². The van der Waals surface area contributed by atoms with E-state index in [0.717, 1.165) is 32.7 Å². The number of hydrogen-bond donors (Lipinski definition) is 1. The Hall–Kier alpha value is -0.610. The number of nitrogens with zero attached hydrogens (tertiary/aromatic N) is 2. The highest BCUT2D eigenvalue weighted by molar-refractivity contribution is 6.18. The molecule has 1 unspecified atom stereocenters. The summed E-state index contributed by atoms with van der Waals surface area (Å²) in [7, 11) is 0. The summed E-state index contributed by atoms with van der Waals surface area (Å²) < 4.78 is 0. The lowest BCUT2D eigenvalue weighted by atomic mass is 10.2. The minimum atomic E-state index is -0.396. The second-order valence-corrected chi connectivity index (χ2v) is 5.18. The number of piperazine rings is 1. The molecule has 1 aromatic carbocycles. The molecule has 0 amide bonds. The fourth-order valence-electron chi connectivity index (χ4n) is 2.32. The third-order valence-electron chi connectivity index (χ3n) is 3.36. The van der Waals surface area contributed by atoms with Gasteiger partial charge >= 0.3 is 0 Å². The lowest BCUT2D eigenvalue weighted by Crippen LogP contribution is -2.48. The van der Waals surface area contributed by atoms with Crippen molar-refractivity contribution in [1.29, 1.82) is 0 Å².